The van der Waals surface area contributed by atoms with Crippen LogP contribution in [0.25, 0.3) is 11.3 Å². The van der Waals surface area contributed by atoms with E-state index >= 15 is 4.39 Å². The predicted molar refractivity (Wildman–Crippen MR) is 158 cm³/mol. The molecule has 222 valence electrons. The minimum atomic E-state index is -3.37. The Balaban J connectivity index is 0.995. The number of nitrogens with zero attached hydrogens (tertiary/aromatic N) is 2. The highest BCUT2D eigenvalue weighted by molar-refractivity contribution is 7.92. The summed E-state index contributed by atoms with van der Waals surface area (Å²) in [6, 6.07) is 11.1. The van der Waals surface area contributed by atoms with E-state index < -0.39 is 16.1 Å². The van der Waals surface area contributed by atoms with Crippen LogP contribution in [0.1, 0.15) is 50.1 Å². The number of halogens is 1. The van der Waals surface area contributed by atoms with Crippen molar-refractivity contribution in [3.63, 3.8) is 0 Å². The first-order valence-corrected chi connectivity index (χ1v) is 16.6. The molecule has 4 aliphatic carbocycles. The standard InChI is InChI=1S/C31H36FN5O4S/c1-42(40,41)36-22-7-5-21(6-8-22)35-30(39)34-15-24-19-9-18-10-20(24)14-31(12-18,13-19)28(38)11-26-29-23(3-2-4-25(29)32)27-16-33-17-37(26)27/h2-8,16-20,24,26,28,36,38H,9-15H2,1H3,(H2,34,35,39). The van der Waals surface area contributed by atoms with E-state index in [1.54, 1.807) is 42.9 Å². The summed E-state index contributed by atoms with van der Waals surface area (Å²) in [5.74, 6) is 1.58. The minimum Gasteiger partial charge on any atom is -0.392 e. The van der Waals surface area contributed by atoms with Gasteiger partial charge in [-0.05, 0) is 97.9 Å². The number of aliphatic hydroxyl groups excluding tert-OH is 1. The zero-order valence-corrected chi connectivity index (χ0v) is 24.3. The van der Waals surface area contributed by atoms with Crippen molar-refractivity contribution in [3.05, 3.63) is 66.4 Å². The van der Waals surface area contributed by atoms with Crippen LogP contribution in [0.15, 0.2) is 55.0 Å². The molecular formula is C31H36FN5O4S. The van der Waals surface area contributed by atoms with Gasteiger partial charge in [0.05, 0.1) is 36.6 Å². The number of sulfonamides is 1. The van der Waals surface area contributed by atoms with Gasteiger partial charge in [0.2, 0.25) is 10.0 Å². The largest absolute Gasteiger partial charge is 0.392 e. The summed E-state index contributed by atoms with van der Waals surface area (Å²) in [5.41, 5.74) is 3.25. The molecule has 11 heteroatoms. The molecule has 0 saturated heterocycles. The molecule has 4 N–H and O–H groups in total. The lowest BCUT2D eigenvalue weighted by Gasteiger charge is -2.61. The number of carbonyl (C=O) groups excluding carboxylic acids is 1. The molecule has 5 aliphatic rings. The van der Waals surface area contributed by atoms with Crippen LogP contribution in [-0.4, -0.2) is 48.0 Å². The molecule has 4 saturated carbocycles. The van der Waals surface area contributed by atoms with Crippen molar-refractivity contribution in [2.45, 2.75) is 50.7 Å². The summed E-state index contributed by atoms with van der Waals surface area (Å²) in [6.45, 7) is 0.577. The molecule has 0 spiro atoms. The van der Waals surface area contributed by atoms with Crippen LogP contribution in [0.3, 0.4) is 0 Å². The average Bonchev–Trinajstić information content (AvgIpc) is 3.51. The molecule has 1 aromatic heterocycles. The Hall–Kier alpha value is -3.44. The number of fused-ring (bicyclic) bond motifs is 3. The Bertz CT molecular complexity index is 1610. The average molecular weight is 594 g/mol. The number of aliphatic hydroxyl groups is 1. The van der Waals surface area contributed by atoms with Crippen LogP contribution >= 0.6 is 0 Å². The van der Waals surface area contributed by atoms with E-state index in [4.69, 9.17) is 0 Å². The van der Waals surface area contributed by atoms with Gasteiger partial charge in [0.15, 0.2) is 0 Å². The lowest BCUT2D eigenvalue weighted by molar-refractivity contribution is -0.149. The van der Waals surface area contributed by atoms with Crippen molar-refractivity contribution in [1.29, 1.82) is 0 Å². The molecule has 3 aromatic rings. The van der Waals surface area contributed by atoms with E-state index in [1.165, 1.54) is 6.07 Å². The molecule has 2 amide bonds. The molecule has 2 heterocycles. The van der Waals surface area contributed by atoms with Crippen LogP contribution in [-0.2, 0) is 10.0 Å². The van der Waals surface area contributed by atoms with E-state index in [0.717, 1.165) is 49.6 Å². The molecule has 4 unspecified atom stereocenters. The second-order valence-corrected chi connectivity index (χ2v) is 14.7. The minimum absolute atomic E-state index is 0.175. The van der Waals surface area contributed by atoms with Gasteiger partial charge in [-0.1, -0.05) is 12.1 Å². The fourth-order valence-electron chi connectivity index (χ4n) is 8.85. The van der Waals surface area contributed by atoms with E-state index in [0.29, 0.717) is 53.6 Å². The Morgan fingerprint density at radius 1 is 1.12 bits per heavy atom. The van der Waals surface area contributed by atoms with Crippen molar-refractivity contribution in [2.75, 3.05) is 22.8 Å². The quantitative estimate of drug-likeness (QED) is 0.293. The number of anilines is 2. The molecule has 9 nitrogen and oxygen atoms in total. The molecule has 4 atom stereocenters. The van der Waals surface area contributed by atoms with E-state index in [9.17, 15) is 18.3 Å². The number of carbonyl (C=O) groups is 1. The summed E-state index contributed by atoms with van der Waals surface area (Å²) < 4.78 is 42.3. The van der Waals surface area contributed by atoms with E-state index in [-0.39, 0.29) is 23.3 Å². The zero-order valence-electron chi connectivity index (χ0n) is 23.5. The summed E-state index contributed by atoms with van der Waals surface area (Å²) in [4.78, 5) is 17.0. The highest BCUT2D eigenvalue weighted by Gasteiger charge is 2.58. The predicted octanol–water partition coefficient (Wildman–Crippen LogP) is 4.98. The van der Waals surface area contributed by atoms with Crippen LogP contribution < -0.4 is 15.4 Å². The monoisotopic (exact) mass is 593 g/mol. The molecule has 4 bridgehead atoms. The number of nitrogens with one attached hydrogen (secondary N) is 3. The Kier molecular flexibility index (Phi) is 6.58. The number of benzene rings is 2. The van der Waals surface area contributed by atoms with Crippen molar-refractivity contribution in [2.24, 2.45) is 29.1 Å². The molecule has 0 radical (unpaired) electrons. The van der Waals surface area contributed by atoms with Crippen molar-refractivity contribution < 1.29 is 22.7 Å². The first kappa shape index (κ1) is 27.4. The number of amides is 2. The smallest absolute Gasteiger partial charge is 0.319 e. The topological polar surface area (TPSA) is 125 Å². The SMILES string of the molecule is CS(=O)(=O)Nc1ccc(NC(=O)NCC2C3CC4CC2CC(C(O)CC2c5c(F)cccc5-c5cncn52)(C4)C3)cc1. The Labute approximate surface area is 245 Å². The van der Waals surface area contributed by atoms with Gasteiger partial charge in [0.1, 0.15) is 5.82 Å². The number of imidazole rings is 1. The maximum absolute atomic E-state index is 15.0. The molecule has 8 rings (SSSR count). The van der Waals surface area contributed by atoms with Crippen LogP contribution in [0, 0.1) is 34.9 Å². The summed E-state index contributed by atoms with van der Waals surface area (Å²) in [5, 5.41) is 17.7. The van der Waals surface area contributed by atoms with Gasteiger partial charge in [0.25, 0.3) is 0 Å². The molecule has 2 aromatic carbocycles. The van der Waals surface area contributed by atoms with Gasteiger partial charge in [-0.3, -0.25) is 4.72 Å². The normalized spacial score (nSPS) is 29.5. The number of aromatic nitrogens is 2. The fourth-order valence-corrected chi connectivity index (χ4v) is 9.41. The third-order valence-corrected chi connectivity index (χ3v) is 10.9. The van der Waals surface area contributed by atoms with Crippen molar-refractivity contribution >= 4 is 27.4 Å². The molecular weight excluding hydrogens is 557 g/mol. The maximum Gasteiger partial charge on any atom is 0.319 e. The number of hydrogen-bond donors (Lipinski definition) is 4. The summed E-state index contributed by atoms with van der Waals surface area (Å²) in [7, 11) is -3.37. The fraction of sp³-hybridized carbons (Fsp3) is 0.484. The number of urea groups is 1. The van der Waals surface area contributed by atoms with Gasteiger partial charge >= 0.3 is 6.03 Å². The van der Waals surface area contributed by atoms with Gasteiger partial charge in [-0.25, -0.2) is 22.6 Å². The van der Waals surface area contributed by atoms with Gasteiger partial charge in [-0.15, -0.1) is 0 Å². The maximum atomic E-state index is 15.0. The summed E-state index contributed by atoms with van der Waals surface area (Å²) in [6.07, 6.45) is 9.65. The van der Waals surface area contributed by atoms with Crippen LogP contribution in [0.5, 0.6) is 0 Å². The zero-order chi connectivity index (χ0) is 29.2. The van der Waals surface area contributed by atoms with Gasteiger partial charge in [-0.2, -0.15) is 0 Å². The third kappa shape index (κ3) is 4.86. The lowest BCUT2D eigenvalue weighted by Crippen LogP contribution is -2.57. The lowest BCUT2D eigenvalue weighted by atomic mass is 9.44. The Morgan fingerprint density at radius 3 is 2.55 bits per heavy atom. The first-order chi connectivity index (χ1) is 20.1. The highest BCUT2D eigenvalue weighted by Crippen LogP contribution is 2.64. The second-order valence-electron chi connectivity index (χ2n) is 12.9. The van der Waals surface area contributed by atoms with Gasteiger partial charge in [0, 0.05) is 29.0 Å². The van der Waals surface area contributed by atoms with Crippen LogP contribution in [0.4, 0.5) is 20.6 Å². The molecule has 42 heavy (non-hydrogen) atoms. The first-order valence-electron chi connectivity index (χ1n) is 14.7. The highest BCUT2D eigenvalue weighted by atomic mass is 32.2. The number of hydrogen-bond acceptors (Lipinski definition) is 5. The van der Waals surface area contributed by atoms with Crippen molar-refractivity contribution in [1.82, 2.24) is 14.9 Å². The Morgan fingerprint density at radius 2 is 1.83 bits per heavy atom. The summed E-state index contributed by atoms with van der Waals surface area (Å²) >= 11 is 0. The van der Waals surface area contributed by atoms with Gasteiger partial charge < -0.3 is 20.3 Å². The third-order valence-electron chi connectivity index (χ3n) is 10.3. The number of rotatable bonds is 8. The second kappa shape index (κ2) is 10.1. The van der Waals surface area contributed by atoms with Crippen LogP contribution in [0.2, 0.25) is 0 Å². The van der Waals surface area contributed by atoms with E-state index in [1.807, 2.05) is 10.6 Å². The van der Waals surface area contributed by atoms with Crippen molar-refractivity contribution in [3.8, 4) is 11.3 Å². The molecule has 1 aliphatic heterocycles. The molecule has 4 fully saturated rings. The van der Waals surface area contributed by atoms with E-state index in [2.05, 4.69) is 20.3 Å².